The van der Waals surface area contributed by atoms with Crippen LogP contribution in [0, 0.1) is 0 Å². The van der Waals surface area contributed by atoms with Gasteiger partial charge in [0.1, 0.15) is 17.7 Å². The number of phenolic OH excluding ortho intramolecular Hbond substituents is 1. The van der Waals surface area contributed by atoms with Gasteiger partial charge in [0, 0.05) is 17.6 Å². The predicted molar refractivity (Wildman–Crippen MR) is 115 cm³/mol. The van der Waals surface area contributed by atoms with Crippen molar-refractivity contribution < 1.29 is 24.5 Å². The van der Waals surface area contributed by atoms with Crippen LogP contribution in [0.3, 0.4) is 0 Å². The number of hydrogen-bond donors (Lipinski definition) is 3. The third-order valence-corrected chi connectivity index (χ3v) is 7.95. The molecule has 0 unspecified atom stereocenters. The van der Waals surface area contributed by atoms with E-state index in [0.717, 1.165) is 30.5 Å². The van der Waals surface area contributed by atoms with Crippen LogP contribution in [-0.2, 0) is 21.4 Å². The van der Waals surface area contributed by atoms with Gasteiger partial charge in [-0.15, -0.1) is 0 Å². The molecule has 2 bridgehead atoms. The Bertz CT molecular complexity index is 927. The van der Waals surface area contributed by atoms with Gasteiger partial charge in [-0.05, 0) is 78.6 Å². The van der Waals surface area contributed by atoms with Gasteiger partial charge in [-0.1, -0.05) is 6.07 Å². The minimum atomic E-state index is -0.927. The van der Waals surface area contributed by atoms with Crippen molar-refractivity contribution in [2.45, 2.75) is 94.2 Å². The maximum absolute atomic E-state index is 12.6. The first-order chi connectivity index (χ1) is 14.5. The number of aromatic hydroxyl groups is 1. The van der Waals surface area contributed by atoms with Crippen molar-refractivity contribution >= 4 is 5.97 Å². The zero-order chi connectivity index (χ0) is 22.3. The summed E-state index contributed by atoms with van der Waals surface area (Å²) in [7, 11) is 2.08. The molecule has 170 valence electrons. The molecular weight excluding hydrogens is 396 g/mol. The van der Waals surface area contributed by atoms with Crippen molar-refractivity contribution in [3.05, 3.63) is 23.3 Å². The van der Waals surface area contributed by atoms with Crippen LogP contribution in [0.5, 0.6) is 11.5 Å². The summed E-state index contributed by atoms with van der Waals surface area (Å²) in [6.45, 7) is 8.25. The largest absolute Gasteiger partial charge is 0.504 e. The van der Waals surface area contributed by atoms with E-state index >= 15 is 0 Å². The van der Waals surface area contributed by atoms with Crippen molar-refractivity contribution in [2.24, 2.45) is 0 Å². The van der Waals surface area contributed by atoms with E-state index in [9.17, 15) is 15.0 Å². The number of esters is 1. The van der Waals surface area contributed by atoms with Crippen LogP contribution in [0.2, 0.25) is 0 Å². The SMILES string of the molecule is C[C@H](N[C@H]1CC[C@@]2(O)[C@H]3Cc4ccc(O)c5c4[C@@]2(CCN3C)[C@H]1O5)C(=O)OC(C)(C)C. The fourth-order valence-corrected chi connectivity index (χ4v) is 6.70. The third kappa shape index (κ3) is 2.79. The summed E-state index contributed by atoms with van der Waals surface area (Å²) in [5, 5.41) is 26.2. The fourth-order valence-electron chi connectivity index (χ4n) is 6.70. The molecule has 7 heteroatoms. The van der Waals surface area contributed by atoms with E-state index in [1.165, 1.54) is 0 Å². The molecule has 5 rings (SSSR count). The second-order valence-electron chi connectivity index (χ2n) is 10.9. The Hall–Kier alpha value is -1.83. The predicted octanol–water partition coefficient (Wildman–Crippen LogP) is 1.86. The van der Waals surface area contributed by atoms with Gasteiger partial charge >= 0.3 is 5.97 Å². The number of likely N-dealkylation sites (N-methyl/N-ethyl adjacent to an activating group) is 1. The second-order valence-corrected chi connectivity index (χ2v) is 10.9. The van der Waals surface area contributed by atoms with Crippen LogP contribution in [0.4, 0.5) is 0 Å². The normalized spacial score (nSPS) is 37.0. The Morgan fingerprint density at radius 1 is 1.35 bits per heavy atom. The standard InChI is InChI=1S/C24H34N2O5/c1-13(21(28)31-22(2,3)4)25-15-8-9-24(29)17-12-14-6-7-16(27)19-18(14)23(24,20(15)30-19)10-11-26(17)5/h6-7,13,15,17,20,25,27,29H,8-12H2,1-5H3/t13-,15-,17+,20-,23-,24+/m0/s1. The van der Waals surface area contributed by atoms with Gasteiger partial charge in [-0.2, -0.15) is 0 Å². The van der Waals surface area contributed by atoms with E-state index in [1.807, 2.05) is 33.8 Å². The van der Waals surface area contributed by atoms with Gasteiger partial charge in [-0.3, -0.25) is 10.1 Å². The van der Waals surface area contributed by atoms with Crippen LogP contribution < -0.4 is 10.1 Å². The van der Waals surface area contributed by atoms with Gasteiger partial charge in [0.15, 0.2) is 11.5 Å². The number of ether oxygens (including phenoxy) is 2. The minimum absolute atomic E-state index is 0.0135. The summed E-state index contributed by atoms with van der Waals surface area (Å²) in [5.41, 5.74) is 0.0710. The summed E-state index contributed by atoms with van der Waals surface area (Å²) in [5.74, 6) is 0.346. The number of piperidine rings is 1. The summed E-state index contributed by atoms with van der Waals surface area (Å²) in [6, 6.07) is 3.06. The van der Waals surface area contributed by atoms with Crippen LogP contribution in [0.25, 0.3) is 0 Å². The first kappa shape index (κ1) is 21.0. The lowest BCUT2D eigenvalue weighted by molar-refractivity contribution is -0.188. The molecule has 1 spiro atoms. The highest BCUT2D eigenvalue weighted by molar-refractivity contribution is 5.75. The van der Waals surface area contributed by atoms with E-state index < -0.39 is 22.7 Å². The molecule has 1 aromatic carbocycles. The van der Waals surface area contributed by atoms with Crippen LogP contribution in [0.1, 0.15) is 58.1 Å². The number of rotatable bonds is 3. The first-order valence-electron chi connectivity index (χ1n) is 11.4. The number of carbonyl (C=O) groups excluding carboxylic acids is 1. The molecule has 2 heterocycles. The number of nitrogens with one attached hydrogen (secondary N) is 1. The van der Waals surface area contributed by atoms with E-state index in [-0.39, 0.29) is 29.9 Å². The molecule has 2 aliphatic carbocycles. The quantitative estimate of drug-likeness (QED) is 0.631. The Morgan fingerprint density at radius 2 is 2.10 bits per heavy atom. The molecule has 2 aliphatic heterocycles. The number of phenols is 1. The number of benzene rings is 1. The Labute approximate surface area is 183 Å². The summed E-state index contributed by atoms with van der Waals surface area (Å²) >= 11 is 0. The second kappa shape index (κ2) is 6.59. The average Bonchev–Trinajstić information content (AvgIpc) is 3.03. The maximum Gasteiger partial charge on any atom is 0.323 e. The van der Waals surface area contributed by atoms with E-state index in [4.69, 9.17) is 9.47 Å². The lowest BCUT2D eigenvalue weighted by atomic mass is 9.48. The lowest BCUT2D eigenvalue weighted by Crippen LogP contribution is -2.78. The van der Waals surface area contributed by atoms with Crippen LogP contribution in [0.15, 0.2) is 12.1 Å². The highest BCUT2D eigenvalue weighted by atomic mass is 16.6. The van der Waals surface area contributed by atoms with Crippen molar-refractivity contribution in [1.29, 1.82) is 0 Å². The van der Waals surface area contributed by atoms with E-state index in [2.05, 4.69) is 17.3 Å². The zero-order valence-corrected chi connectivity index (χ0v) is 19.1. The zero-order valence-electron chi connectivity index (χ0n) is 19.1. The number of carbonyl (C=O) groups is 1. The van der Waals surface area contributed by atoms with Gasteiger partial charge in [-0.25, -0.2) is 0 Å². The van der Waals surface area contributed by atoms with Crippen molar-refractivity contribution in [1.82, 2.24) is 10.2 Å². The number of hydrogen-bond acceptors (Lipinski definition) is 7. The molecule has 0 radical (unpaired) electrons. The van der Waals surface area contributed by atoms with E-state index in [0.29, 0.717) is 18.6 Å². The molecule has 2 fully saturated rings. The van der Waals surface area contributed by atoms with Crippen molar-refractivity contribution in [2.75, 3.05) is 13.6 Å². The van der Waals surface area contributed by atoms with Gasteiger partial charge < -0.3 is 24.6 Å². The smallest absolute Gasteiger partial charge is 0.323 e. The molecule has 31 heavy (non-hydrogen) atoms. The maximum atomic E-state index is 12.6. The molecule has 3 N–H and O–H groups in total. The van der Waals surface area contributed by atoms with Gasteiger partial charge in [0.05, 0.1) is 11.0 Å². The minimum Gasteiger partial charge on any atom is -0.504 e. The monoisotopic (exact) mass is 430 g/mol. The van der Waals surface area contributed by atoms with Crippen LogP contribution >= 0.6 is 0 Å². The third-order valence-electron chi connectivity index (χ3n) is 7.95. The molecule has 0 aromatic heterocycles. The Kier molecular flexibility index (Phi) is 4.47. The Morgan fingerprint density at radius 3 is 2.81 bits per heavy atom. The average molecular weight is 431 g/mol. The summed E-state index contributed by atoms with van der Waals surface area (Å²) < 4.78 is 12.0. The van der Waals surface area contributed by atoms with E-state index in [1.54, 1.807) is 6.07 Å². The highest BCUT2D eigenvalue weighted by Gasteiger charge is 2.72. The molecule has 1 saturated carbocycles. The molecule has 6 atom stereocenters. The molecular formula is C24H34N2O5. The molecule has 7 nitrogen and oxygen atoms in total. The van der Waals surface area contributed by atoms with Crippen LogP contribution in [-0.4, -0.2) is 70.1 Å². The molecule has 0 amide bonds. The molecule has 1 aromatic rings. The molecule has 1 saturated heterocycles. The summed E-state index contributed by atoms with van der Waals surface area (Å²) in [4.78, 5) is 14.9. The number of nitrogens with zero attached hydrogens (tertiary/aromatic N) is 1. The van der Waals surface area contributed by atoms with Crippen molar-refractivity contribution in [3.63, 3.8) is 0 Å². The Balaban J connectivity index is 1.53. The number of likely N-dealkylation sites (tertiary alicyclic amines) is 1. The van der Waals surface area contributed by atoms with Gasteiger partial charge in [0.25, 0.3) is 0 Å². The fraction of sp³-hybridized carbons (Fsp3) is 0.708. The number of aliphatic hydroxyl groups is 1. The molecule has 4 aliphatic rings. The lowest BCUT2D eigenvalue weighted by Gasteiger charge is -2.63. The highest BCUT2D eigenvalue weighted by Crippen LogP contribution is 2.65. The topological polar surface area (TPSA) is 91.3 Å². The summed E-state index contributed by atoms with van der Waals surface area (Å²) in [6.07, 6.45) is 2.46. The first-order valence-corrected chi connectivity index (χ1v) is 11.4. The van der Waals surface area contributed by atoms with Crippen molar-refractivity contribution in [3.8, 4) is 11.5 Å². The van der Waals surface area contributed by atoms with Gasteiger partial charge in [0.2, 0.25) is 0 Å².